The van der Waals surface area contributed by atoms with Crippen molar-refractivity contribution in [2.24, 2.45) is 0 Å². The smallest absolute Gasteiger partial charge is 0.0619 e. The molecule has 414 valence electrons. The van der Waals surface area contributed by atoms with Gasteiger partial charge in [0, 0.05) is 44.3 Å². The van der Waals surface area contributed by atoms with Crippen molar-refractivity contribution in [2.45, 2.75) is 0 Å². The summed E-state index contributed by atoms with van der Waals surface area (Å²) < 4.78 is 0. The van der Waals surface area contributed by atoms with Crippen LogP contribution in [0.3, 0.4) is 0 Å². The van der Waals surface area contributed by atoms with Crippen molar-refractivity contribution in [1.29, 1.82) is 0 Å². The number of rotatable bonds is 14. The van der Waals surface area contributed by atoms with E-state index in [1.54, 1.807) is 0 Å². The van der Waals surface area contributed by atoms with Gasteiger partial charge in [0.1, 0.15) is 0 Å². The van der Waals surface area contributed by atoms with Crippen LogP contribution in [0.2, 0.25) is 0 Å². The lowest BCUT2D eigenvalue weighted by atomic mass is 9.94. The van der Waals surface area contributed by atoms with Crippen molar-refractivity contribution in [2.75, 3.05) is 9.80 Å². The molecular weight excluding hydrogens is 1060 g/mol. The molecule has 0 bridgehead atoms. The van der Waals surface area contributed by atoms with E-state index in [1.165, 1.54) is 66.8 Å². The Labute approximate surface area is 515 Å². The monoisotopic (exact) mass is 1120 g/mol. The van der Waals surface area contributed by atoms with Gasteiger partial charge >= 0.3 is 0 Å². The summed E-state index contributed by atoms with van der Waals surface area (Å²) in [4.78, 5) is 4.94. The molecule has 0 heterocycles. The molecule has 0 unspecified atom stereocenters. The third-order valence-electron chi connectivity index (χ3n) is 17.1. The van der Waals surface area contributed by atoms with E-state index in [0.29, 0.717) is 0 Å². The van der Waals surface area contributed by atoms with E-state index in [0.717, 1.165) is 77.9 Å². The molecule has 0 fully saturated rings. The maximum absolute atomic E-state index is 2.47. The normalized spacial score (nSPS) is 11.2. The van der Waals surface area contributed by atoms with Crippen LogP contribution in [0.4, 0.5) is 34.1 Å². The quantitative estimate of drug-likeness (QED) is 0.0791. The molecule has 2 nitrogen and oxygen atoms in total. The van der Waals surface area contributed by atoms with Gasteiger partial charge in [-0.1, -0.05) is 315 Å². The minimum absolute atomic E-state index is 1.06. The second-order valence-corrected chi connectivity index (χ2v) is 22.4. The maximum atomic E-state index is 2.47. The number of anilines is 6. The largest absolute Gasteiger partial charge is 0.309 e. The Morgan fingerprint density at radius 2 is 0.239 bits per heavy atom. The minimum atomic E-state index is 1.06. The summed E-state index contributed by atoms with van der Waals surface area (Å²) >= 11 is 0. The third-order valence-corrected chi connectivity index (χ3v) is 17.1. The first kappa shape index (κ1) is 53.2. The molecular formula is C86H60N2. The molecule has 0 saturated heterocycles. The minimum Gasteiger partial charge on any atom is -0.309 e. The summed E-state index contributed by atoms with van der Waals surface area (Å²) in [5.74, 6) is 0. The summed E-state index contributed by atoms with van der Waals surface area (Å²) in [5.41, 5.74) is 25.4. The highest BCUT2D eigenvalue weighted by Gasteiger charge is 2.26. The van der Waals surface area contributed by atoms with E-state index < -0.39 is 0 Å². The molecule has 15 aromatic rings. The molecule has 0 amide bonds. The zero-order valence-corrected chi connectivity index (χ0v) is 48.5. The van der Waals surface area contributed by atoms with Gasteiger partial charge in [0.05, 0.1) is 11.4 Å². The van der Waals surface area contributed by atoms with Crippen LogP contribution in [0.5, 0.6) is 0 Å². The van der Waals surface area contributed by atoms with Gasteiger partial charge in [-0.05, 0) is 138 Å². The summed E-state index contributed by atoms with van der Waals surface area (Å²) in [6, 6.07) is 132. The van der Waals surface area contributed by atoms with Crippen molar-refractivity contribution in [1.82, 2.24) is 0 Å². The molecule has 0 saturated carbocycles. The highest BCUT2D eigenvalue weighted by Crippen LogP contribution is 2.52. The van der Waals surface area contributed by atoms with E-state index in [9.17, 15) is 0 Å². The van der Waals surface area contributed by atoms with Crippen LogP contribution in [-0.2, 0) is 0 Å². The fourth-order valence-corrected chi connectivity index (χ4v) is 12.5. The fraction of sp³-hybridized carbons (Fsp3) is 0. The first-order chi connectivity index (χ1) is 43.6. The van der Waals surface area contributed by atoms with E-state index in [2.05, 4.69) is 374 Å². The van der Waals surface area contributed by atoms with Crippen molar-refractivity contribution in [3.05, 3.63) is 364 Å². The summed E-state index contributed by atoms with van der Waals surface area (Å²) in [6.45, 7) is 0. The molecule has 0 aliphatic heterocycles. The van der Waals surface area contributed by atoms with Crippen molar-refractivity contribution >= 4 is 55.7 Å². The van der Waals surface area contributed by atoms with Gasteiger partial charge in [-0.2, -0.15) is 0 Å². The van der Waals surface area contributed by atoms with Gasteiger partial charge < -0.3 is 9.80 Å². The van der Waals surface area contributed by atoms with Crippen molar-refractivity contribution in [3.63, 3.8) is 0 Å². The van der Waals surface area contributed by atoms with E-state index in [-0.39, 0.29) is 0 Å². The Hall–Kier alpha value is -11.6. The molecule has 0 atom stereocenters. The van der Waals surface area contributed by atoms with Crippen LogP contribution in [-0.4, -0.2) is 0 Å². The van der Waals surface area contributed by atoms with E-state index >= 15 is 0 Å². The zero-order valence-electron chi connectivity index (χ0n) is 48.5. The van der Waals surface area contributed by atoms with Gasteiger partial charge in [-0.15, -0.1) is 0 Å². The standard InChI is InChI=1S/C86H60N2/c1-5-17-61(18-6-1)65-29-37-69(38-30-65)73-45-53-77(54-46-73)87(78-55-47-74(48-56-78)70-39-31-66(32-40-70)62-19-7-2-8-20-62)85-81-25-13-15-27-83(81)86(84-28-16-14-26-82(84)85)88(79-57-49-75(50-58-79)71-41-33-67(34-42-71)63-21-9-3-10-22-63)80-59-51-76(52-60-80)72-43-35-68(36-44-72)64-23-11-4-12-24-64/h1-60H. The number of hydrogen-bond donors (Lipinski definition) is 0. The molecule has 0 aliphatic carbocycles. The summed E-state index contributed by atoms with van der Waals surface area (Å²) in [6.07, 6.45) is 0. The average molecular weight is 1120 g/mol. The maximum Gasteiger partial charge on any atom is 0.0619 e. The third kappa shape index (κ3) is 10.6. The lowest BCUT2D eigenvalue weighted by molar-refractivity contribution is 1.29. The number of benzene rings is 15. The molecule has 15 aromatic carbocycles. The first-order valence-corrected chi connectivity index (χ1v) is 30.2. The topological polar surface area (TPSA) is 6.48 Å². The van der Waals surface area contributed by atoms with Gasteiger partial charge in [0.15, 0.2) is 0 Å². The first-order valence-electron chi connectivity index (χ1n) is 30.2. The summed E-state index contributed by atoms with van der Waals surface area (Å²) in [5, 5.41) is 4.53. The molecule has 15 rings (SSSR count). The molecule has 0 aromatic heterocycles. The van der Waals surface area contributed by atoms with E-state index in [4.69, 9.17) is 0 Å². The predicted octanol–water partition coefficient (Wildman–Crippen LogP) is 24.3. The lowest BCUT2D eigenvalue weighted by Crippen LogP contribution is -2.14. The fourth-order valence-electron chi connectivity index (χ4n) is 12.5. The predicted molar refractivity (Wildman–Crippen MR) is 374 cm³/mol. The zero-order chi connectivity index (χ0) is 58.6. The second-order valence-electron chi connectivity index (χ2n) is 22.4. The average Bonchev–Trinajstić information content (AvgIpc) is 1.14. The second kappa shape index (κ2) is 23.8. The van der Waals surface area contributed by atoms with Crippen LogP contribution in [0.15, 0.2) is 364 Å². The van der Waals surface area contributed by atoms with Crippen LogP contribution < -0.4 is 9.80 Å². The molecule has 0 radical (unpaired) electrons. The van der Waals surface area contributed by atoms with Gasteiger partial charge in [-0.3, -0.25) is 0 Å². The number of nitrogens with zero attached hydrogens (tertiary/aromatic N) is 2. The molecule has 0 aliphatic rings. The van der Waals surface area contributed by atoms with Crippen molar-refractivity contribution in [3.8, 4) is 89.0 Å². The van der Waals surface area contributed by atoms with Gasteiger partial charge in [0.2, 0.25) is 0 Å². The molecule has 2 heteroatoms. The SMILES string of the molecule is c1ccc(-c2ccc(-c3ccc(N(c4ccc(-c5ccc(-c6ccccc6)cc5)cc4)c4c5ccccc5c(N(c5ccc(-c6ccc(-c7ccccc7)cc6)cc5)c5ccc(-c6ccc(-c7ccccc7)cc6)cc5)c5ccccc45)cc3)cc2)cc1. The highest BCUT2D eigenvalue weighted by molar-refractivity contribution is 6.23. The van der Waals surface area contributed by atoms with Crippen molar-refractivity contribution < 1.29 is 0 Å². The number of fused-ring (bicyclic) bond motifs is 2. The van der Waals surface area contributed by atoms with Crippen LogP contribution >= 0.6 is 0 Å². The Morgan fingerprint density at radius 3 is 0.398 bits per heavy atom. The van der Waals surface area contributed by atoms with Gasteiger partial charge in [0.25, 0.3) is 0 Å². The lowest BCUT2D eigenvalue weighted by Gasteiger charge is -2.33. The van der Waals surface area contributed by atoms with Gasteiger partial charge in [-0.25, -0.2) is 0 Å². The Morgan fingerprint density at radius 1 is 0.114 bits per heavy atom. The Balaban J connectivity index is 0.868. The number of hydrogen-bond acceptors (Lipinski definition) is 2. The van der Waals surface area contributed by atoms with Crippen LogP contribution in [0.1, 0.15) is 0 Å². The van der Waals surface area contributed by atoms with Crippen LogP contribution in [0.25, 0.3) is 111 Å². The Kier molecular flexibility index (Phi) is 14.4. The van der Waals surface area contributed by atoms with Crippen LogP contribution in [0, 0.1) is 0 Å². The molecule has 0 spiro atoms. The van der Waals surface area contributed by atoms with E-state index in [1.807, 2.05) is 0 Å². The molecule has 88 heavy (non-hydrogen) atoms. The highest BCUT2D eigenvalue weighted by atomic mass is 15.2. The summed E-state index contributed by atoms with van der Waals surface area (Å²) in [7, 11) is 0. The Bertz CT molecular complexity index is 4210. The molecule has 0 N–H and O–H groups in total.